The lowest BCUT2D eigenvalue weighted by molar-refractivity contribution is 0.866. The van der Waals surface area contributed by atoms with Crippen LogP contribution in [-0.4, -0.2) is 22.0 Å². The summed E-state index contributed by atoms with van der Waals surface area (Å²) in [6.45, 7) is 4.17. The van der Waals surface area contributed by atoms with Crippen LogP contribution >= 0.6 is 22.6 Å². The number of hydrogen-bond acceptors (Lipinski definition) is 4. The fourth-order valence-corrected chi connectivity index (χ4v) is 2.56. The molecule has 0 spiro atoms. The van der Waals surface area contributed by atoms with Crippen LogP contribution in [0.2, 0.25) is 0 Å². The molecule has 0 fully saturated rings. The minimum Gasteiger partial charge on any atom is -0.372 e. The molecule has 2 heterocycles. The van der Waals surface area contributed by atoms with Crippen molar-refractivity contribution in [2.45, 2.75) is 26.7 Å². The van der Waals surface area contributed by atoms with Gasteiger partial charge in [-0.05, 0) is 47.6 Å². The van der Waals surface area contributed by atoms with Crippen molar-refractivity contribution in [1.82, 2.24) is 15.0 Å². The Labute approximate surface area is 127 Å². The van der Waals surface area contributed by atoms with E-state index in [1.54, 1.807) is 0 Å². The first kappa shape index (κ1) is 14.2. The molecule has 2 aromatic heterocycles. The van der Waals surface area contributed by atoms with Crippen molar-refractivity contribution < 1.29 is 0 Å². The van der Waals surface area contributed by atoms with E-state index in [1.807, 2.05) is 32.3 Å². The number of aryl methyl sites for hydroxylation is 2. The topological polar surface area (TPSA) is 50.7 Å². The molecule has 0 unspecified atom stereocenters. The predicted molar refractivity (Wildman–Crippen MR) is 86.3 cm³/mol. The Kier molecular flexibility index (Phi) is 4.68. The van der Waals surface area contributed by atoms with Crippen LogP contribution in [0, 0.1) is 10.5 Å². The van der Waals surface area contributed by atoms with Gasteiger partial charge in [-0.1, -0.05) is 19.4 Å². The molecular weight excluding hydrogens is 351 g/mol. The van der Waals surface area contributed by atoms with E-state index in [2.05, 4.69) is 49.8 Å². The first-order chi connectivity index (χ1) is 9.15. The third kappa shape index (κ3) is 3.20. The van der Waals surface area contributed by atoms with E-state index in [4.69, 9.17) is 0 Å². The summed E-state index contributed by atoms with van der Waals surface area (Å²) in [6.07, 6.45) is 3.86. The number of aromatic nitrogens is 3. The highest BCUT2D eigenvalue weighted by atomic mass is 127. The van der Waals surface area contributed by atoms with Gasteiger partial charge in [-0.25, -0.2) is 9.97 Å². The van der Waals surface area contributed by atoms with Gasteiger partial charge in [-0.2, -0.15) is 0 Å². The molecule has 5 heteroatoms. The molecular formula is C14H17IN4. The van der Waals surface area contributed by atoms with Crippen LogP contribution in [0.25, 0.3) is 11.5 Å². The van der Waals surface area contributed by atoms with Gasteiger partial charge in [0.1, 0.15) is 11.5 Å². The number of hydrogen-bond donors (Lipinski definition) is 1. The Morgan fingerprint density at radius 2 is 2.05 bits per heavy atom. The van der Waals surface area contributed by atoms with Crippen molar-refractivity contribution in [3.8, 4) is 11.5 Å². The number of anilines is 1. The summed E-state index contributed by atoms with van der Waals surface area (Å²) in [5.74, 6) is 1.56. The summed E-state index contributed by atoms with van der Waals surface area (Å²) in [5, 5.41) is 3.13. The minimum absolute atomic E-state index is 0.688. The zero-order chi connectivity index (χ0) is 13.8. The average Bonchev–Trinajstić information content (AvgIpc) is 2.42. The van der Waals surface area contributed by atoms with E-state index in [0.717, 1.165) is 39.2 Å². The zero-order valence-corrected chi connectivity index (χ0v) is 13.5. The van der Waals surface area contributed by atoms with Crippen molar-refractivity contribution in [3.63, 3.8) is 0 Å². The molecule has 0 aromatic carbocycles. The number of halogens is 1. The van der Waals surface area contributed by atoms with Crippen molar-refractivity contribution in [2.24, 2.45) is 0 Å². The van der Waals surface area contributed by atoms with E-state index in [-0.39, 0.29) is 0 Å². The van der Waals surface area contributed by atoms with E-state index in [0.29, 0.717) is 5.82 Å². The lowest BCUT2D eigenvalue weighted by Gasteiger charge is -2.10. The van der Waals surface area contributed by atoms with Crippen LogP contribution in [0.4, 0.5) is 5.82 Å². The average molecular weight is 368 g/mol. The van der Waals surface area contributed by atoms with Crippen LogP contribution in [0.3, 0.4) is 0 Å². The molecule has 4 nitrogen and oxygen atoms in total. The van der Waals surface area contributed by atoms with Gasteiger partial charge in [-0.3, -0.25) is 4.98 Å². The Hall–Kier alpha value is -1.24. The first-order valence-electron chi connectivity index (χ1n) is 6.33. The van der Waals surface area contributed by atoms with Gasteiger partial charge in [0.25, 0.3) is 0 Å². The van der Waals surface area contributed by atoms with E-state index in [1.165, 1.54) is 0 Å². The van der Waals surface area contributed by atoms with Gasteiger partial charge in [0, 0.05) is 13.2 Å². The number of rotatable bonds is 4. The monoisotopic (exact) mass is 368 g/mol. The molecule has 0 atom stereocenters. The third-order valence-corrected chi connectivity index (χ3v) is 3.92. The summed E-state index contributed by atoms with van der Waals surface area (Å²) in [5.41, 5.74) is 3.03. The highest BCUT2D eigenvalue weighted by molar-refractivity contribution is 14.1. The summed E-state index contributed by atoms with van der Waals surface area (Å²) >= 11 is 2.30. The van der Waals surface area contributed by atoms with Crippen LogP contribution in [-0.2, 0) is 6.42 Å². The highest BCUT2D eigenvalue weighted by Crippen LogP contribution is 2.23. The maximum atomic E-state index is 4.65. The smallest absolute Gasteiger partial charge is 0.180 e. The van der Waals surface area contributed by atoms with Gasteiger partial charge in [0.05, 0.1) is 9.26 Å². The van der Waals surface area contributed by atoms with E-state index < -0.39 is 0 Å². The molecule has 0 aliphatic carbocycles. The molecule has 0 amide bonds. The van der Waals surface area contributed by atoms with Gasteiger partial charge in [0.2, 0.25) is 0 Å². The molecule has 0 saturated carbocycles. The molecule has 1 N–H and O–H groups in total. The summed E-state index contributed by atoms with van der Waals surface area (Å²) in [7, 11) is 1.88. The van der Waals surface area contributed by atoms with E-state index >= 15 is 0 Å². The van der Waals surface area contributed by atoms with Gasteiger partial charge in [-0.15, -0.1) is 0 Å². The van der Waals surface area contributed by atoms with Crippen molar-refractivity contribution in [1.29, 1.82) is 0 Å². The SMILES string of the molecule is CCCc1nc(-c2ccc(C)cn2)nc(NC)c1I. The maximum absolute atomic E-state index is 4.65. The highest BCUT2D eigenvalue weighted by Gasteiger charge is 2.12. The van der Waals surface area contributed by atoms with Crippen LogP contribution in [0.1, 0.15) is 24.6 Å². The number of nitrogens with one attached hydrogen (secondary N) is 1. The van der Waals surface area contributed by atoms with E-state index in [9.17, 15) is 0 Å². The summed E-state index contributed by atoms with van der Waals surface area (Å²) in [4.78, 5) is 13.6. The maximum Gasteiger partial charge on any atom is 0.180 e. The van der Waals surface area contributed by atoms with Crippen LogP contribution < -0.4 is 5.32 Å². The predicted octanol–water partition coefficient (Wildman–Crippen LogP) is 3.45. The second kappa shape index (κ2) is 6.27. The van der Waals surface area contributed by atoms with Gasteiger partial charge >= 0.3 is 0 Å². The second-order valence-electron chi connectivity index (χ2n) is 4.38. The lowest BCUT2D eigenvalue weighted by Crippen LogP contribution is -2.06. The Balaban J connectivity index is 2.51. The molecule has 19 heavy (non-hydrogen) atoms. The summed E-state index contributed by atoms with van der Waals surface area (Å²) in [6, 6.07) is 3.99. The van der Waals surface area contributed by atoms with Crippen LogP contribution in [0.5, 0.6) is 0 Å². The molecule has 0 aliphatic rings. The van der Waals surface area contributed by atoms with Crippen LogP contribution in [0.15, 0.2) is 18.3 Å². The fourth-order valence-electron chi connectivity index (χ4n) is 1.78. The molecule has 0 aliphatic heterocycles. The number of pyridine rings is 1. The number of nitrogens with zero attached hydrogens (tertiary/aromatic N) is 3. The van der Waals surface area contributed by atoms with Crippen molar-refractivity contribution >= 4 is 28.4 Å². The minimum atomic E-state index is 0.688. The van der Waals surface area contributed by atoms with Crippen molar-refractivity contribution in [3.05, 3.63) is 33.2 Å². The molecule has 2 aromatic rings. The standard InChI is InChI=1S/C14H17IN4/c1-4-5-10-12(15)14(16-3)19-13(18-10)11-7-6-9(2)8-17-11/h6-8H,4-5H2,1-3H3,(H,16,18,19). The van der Waals surface area contributed by atoms with Crippen molar-refractivity contribution in [2.75, 3.05) is 12.4 Å². The largest absolute Gasteiger partial charge is 0.372 e. The Morgan fingerprint density at radius 3 is 2.63 bits per heavy atom. The molecule has 0 bridgehead atoms. The molecule has 0 saturated heterocycles. The quantitative estimate of drug-likeness (QED) is 0.840. The zero-order valence-electron chi connectivity index (χ0n) is 11.4. The molecule has 0 radical (unpaired) electrons. The Morgan fingerprint density at radius 1 is 1.26 bits per heavy atom. The lowest BCUT2D eigenvalue weighted by atomic mass is 10.2. The fraction of sp³-hybridized carbons (Fsp3) is 0.357. The molecule has 100 valence electrons. The Bertz CT molecular complexity index is 566. The third-order valence-electron chi connectivity index (χ3n) is 2.78. The summed E-state index contributed by atoms with van der Waals surface area (Å²) < 4.78 is 1.10. The second-order valence-corrected chi connectivity index (χ2v) is 5.46. The molecule has 2 rings (SSSR count). The normalized spacial score (nSPS) is 10.5. The van der Waals surface area contributed by atoms with Gasteiger partial charge < -0.3 is 5.32 Å². The van der Waals surface area contributed by atoms with Gasteiger partial charge in [0.15, 0.2) is 5.82 Å². The first-order valence-corrected chi connectivity index (χ1v) is 7.40.